The molecule has 0 bridgehead atoms. The van der Waals surface area contributed by atoms with Gasteiger partial charge in [0.25, 0.3) is 0 Å². The summed E-state index contributed by atoms with van der Waals surface area (Å²) in [6.07, 6.45) is 2.42. The van der Waals surface area contributed by atoms with E-state index in [0.717, 1.165) is 22.5 Å². The molecule has 9 heteroatoms. The number of thiophene rings is 1. The Morgan fingerprint density at radius 3 is 2.65 bits per heavy atom. The first-order valence-corrected chi connectivity index (χ1v) is 9.53. The molecule has 2 heterocycles. The number of hydrogen-bond donors (Lipinski definition) is 1. The minimum atomic E-state index is -0.0300. The van der Waals surface area contributed by atoms with Gasteiger partial charge in [0.1, 0.15) is 12.3 Å². The van der Waals surface area contributed by atoms with Gasteiger partial charge in [-0.15, -0.1) is 35.3 Å². The van der Waals surface area contributed by atoms with E-state index in [0.29, 0.717) is 12.5 Å². The molecule has 2 rings (SSSR count). The molecule has 0 radical (unpaired) electrons. The molecule has 0 aromatic carbocycles. The Balaban J connectivity index is 0.00000338. The molecular weight excluding hydrogens is 531 g/mol. The fourth-order valence-electron chi connectivity index (χ4n) is 2.09. The molecule has 6 nitrogen and oxygen atoms in total. The lowest BCUT2D eigenvalue weighted by molar-refractivity contribution is -0.127. The standard InChI is InChI=1S/C17H23BrN4O2S.HI/c1-21(2)16(23)11-20-17(19-9-8-13-5-4-10-24-13)22(3)12-14-6-7-15(18)25-14;/h4-7,10H,8-9,11-12H2,1-3H3,(H,19,20);1H. The predicted octanol–water partition coefficient (Wildman–Crippen LogP) is 3.43. The molecule has 144 valence electrons. The van der Waals surface area contributed by atoms with Crippen molar-refractivity contribution in [3.63, 3.8) is 0 Å². The van der Waals surface area contributed by atoms with Crippen LogP contribution in [-0.4, -0.2) is 55.9 Å². The van der Waals surface area contributed by atoms with Crippen LogP contribution in [0.15, 0.2) is 43.7 Å². The van der Waals surface area contributed by atoms with E-state index in [9.17, 15) is 4.79 Å². The van der Waals surface area contributed by atoms with Crippen molar-refractivity contribution in [2.45, 2.75) is 13.0 Å². The molecule has 0 aliphatic rings. The molecule has 0 saturated carbocycles. The number of halogens is 2. The first kappa shape index (κ1) is 23.0. The molecule has 0 fully saturated rings. The molecule has 26 heavy (non-hydrogen) atoms. The Morgan fingerprint density at radius 1 is 1.31 bits per heavy atom. The van der Waals surface area contributed by atoms with Gasteiger partial charge in [-0.25, -0.2) is 4.99 Å². The van der Waals surface area contributed by atoms with Gasteiger partial charge in [0.05, 0.1) is 16.6 Å². The van der Waals surface area contributed by atoms with Crippen molar-refractivity contribution in [1.82, 2.24) is 15.1 Å². The van der Waals surface area contributed by atoms with E-state index in [2.05, 4.69) is 32.3 Å². The maximum absolute atomic E-state index is 11.8. The number of carbonyl (C=O) groups excluding carboxylic acids is 1. The molecular formula is C17H24BrIN4O2S. The number of carbonyl (C=O) groups is 1. The highest BCUT2D eigenvalue weighted by Gasteiger charge is 2.11. The van der Waals surface area contributed by atoms with Gasteiger partial charge in [-0.3, -0.25) is 4.79 Å². The number of nitrogens with one attached hydrogen (secondary N) is 1. The van der Waals surface area contributed by atoms with Crippen LogP contribution in [0.5, 0.6) is 0 Å². The van der Waals surface area contributed by atoms with Crippen LogP contribution in [0.1, 0.15) is 10.6 Å². The topological polar surface area (TPSA) is 61.1 Å². The van der Waals surface area contributed by atoms with E-state index in [4.69, 9.17) is 4.42 Å². The number of rotatable bonds is 7. The van der Waals surface area contributed by atoms with Crippen LogP contribution in [-0.2, 0) is 17.8 Å². The van der Waals surface area contributed by atoms with Crippen molar-refractivity contribution in [3.05, 3.63) is 45.0 Å². The number of guanidine groups is 1. The lowest BCUT2D eigenvalue weighted by Crippen LogP contribution is -2.40. The summed E-state index contributed by atoms with van der Waals surface area (Å²) in [5.74, 6) is 1.59. The van der Waals surface area contributed by atoms with E-state index < -0.39 is 0 Å². The average molecular weight is 555 g/mol. The van der Waals surface area contributed by atoms with Gasteiger partial charge in [0, 0.05) is 39.0 Å². The quantitative estimate of drug-likeness (QED) is 0.324. The van der Waals surface area contributed by atoms with Gasteiger partial charge in [0.15, 0.2) is 5.96 Å². The zero-order valence-electron chi connectivity index (χ0n) is 15.1. The van der Waals surface area contributed by atoms with E-state index in [1.54, 1.807) is 36.6 Å². The molecule has 2 aromatic heterocycles. The summed E-state index contributed by atoms with van der Waals surface area (Å²) in [5.41, 5.74) is 0. The molecule has 0 spiro atoms. The Morgan fingerprint density at radius 2 is 2.08 bits per heavy atom. The third kappa shape index (κ3) is 7.67. The number of furan rings is 1. The molecule has 1 amide bonds. The Kier molecular flexibility index (Phi) is 10.3. The van der Waals surface area contributed by atoms with E-state index in [1.807, 2.05) is 30.1 Å². The summed E-state index contributed by atoms with van der Waals surface area (Å²) in [4.78, 5) is 21.1. The average Bonchev–Trinajstić information content (AvgIpc) is 3.21. The van der Waals surface area contributed by atoms with Crippen molar-refractivity contribution in [3.8, 4) is 0 Å². The zero-order valence-corrected chi connectivity index (χ0v) is 19.8. The summed E-state index contributed by atoms with van der Waals surface area (Å²) in [7, 11) is 5.43. The molecule has 0 aliphatic heterocycles. The molecule has 0 aliphatic carbocycles. The maximum atomic E-state index is 11.8. The summed E-state index contributed by atoms with van der Waals surface area (Å²) in [6.45, 7) is 1.52. The lowest BCUT2D eigenvalue weighted by Gasteiger charge is -2.22. The second-order valence-electron chi connectivity index (χ2n) is 5.75. The van der Waals surface area contributed by atoms with Crippen molar-refractivity contribution < 1.29 is 9.21 Å². The molecule has 0 saturated heterocycles. The lowest BCUT2D eigenvalue weighted by atomic mass is 10.3. The monoisotopic (exact) mass is 554 g/mol. The van der Waals surface area contributed by atoms with Crippen molar-refractivity contribution >= 4 is 63.1 Å². The first-order chi connectivity index (χ1) is 12.0. The van der Waals surface area contributed by atoms with Crippen LogP contribution < -0.4 is 5.32 Å². The summed E-state index contributed by atoms with van der Waals surface area (Å²) >= 11 is 5.17. The maximum Gasteiger partial charge on any atom is 0.243 e. The summed E-state index contributed by atoms with van der Waals surface area (Å²) < 4.78 is 6.45. The van der Waals surface area contributed by atoms with Crippen LogP contribution in [0.3, 0.4) is 0 Å². The van der Waals surface area contributed by atoms with Crippen molar-refractivity contribution in [2.75, 3.05) is 34.2 Å². The Hall–Kier alpha value is -1.07. The smallest absolute Gasteiger partial charge is 0.243 e. The Labute approximate surface area is 183 Å². The number of amides is 1. The zero-order chi connectivity index (χ0) is 18.2. The van der Waals surface area contributed by atoms with Gasteiger partial charge in [0.2, 0.25) is 5.91 Å². The third-order valence-electron chi connectivity index (χ3n) is 3.48. The van der Waals surface area contributed by atoms with Gasteiger partial charge in [-0.1, -0.05) is 0 Å². The van der Waals surface area contributed by atoms with E-state index in [-0.39, 0.29) is 36.4 Å². The van der Waals surface area contributed by atoms with Crippen LogP contribution in [0.25, 0.3) is 0 Å². The second-order valence-corrected chi connectivity index (χ2v) is 8.29. The third-order valence-corrected chi connectivity index (χ3v) is 5.09. The van der Waals surface area contributed by atoms with Crippen molar-refractivity contribution in [1.29, 1.82) is 0 Å². The van der Waals surface area contributed by atoms with Gasteiger partial charge >= 0.3 is 0 Å². The molecule has 2 aromatic rings. The number of nitrogens with zero attached hydrogens (tertiary/aromatic N) is 3. The van der Waals surface area contributed by atoms with Crippen molar-refractivity contribution in [2.24, 2.45) is 4.99 Å². The minimum absolute atomic E-state index is 0. The van der Waals surface area contributed by atoms with Gasteiger partial charge in [-0.2, -0.15) is 0 Å². The number of aliphatic imine (C=N–C) groups is 1. The number of likely N-dealkylation sites (N-methyl/N-ethyl adjacent to an activating group) is 1. The van der Waals surface area contributed by atoms with E-state index in [1.165, 1.54) is 4.88 Å². The molecule has 0 atom stereocenters. The van der Waals surface area contributed by atoms with Crippen LogP contribution in [0.4, 0.5) is 0 Å². The molecule has 0 unspecified atom stereocenters. The van der Waals surface area contributed by atoms with Crippen LogP contribution in [0.2, 0.25) is 0 Å². The normalized spacial score (nSPS) is 11.0. The highest BCUT2D eigenvalue weighted by atomic mass is 127. The number of hydrogen-bond acceptors (Lipinski definition) is 4. The van der Waals surface area contributed by atoms with Gasteiger partial charge in [-0.05, 0) is 40.2 Å². The minimum Gasteiger partial charge on any atom is -0.469 e. The van der Waals surface area contributed by atoms with Crippen LogP contribution in [0, 0.1) is 0 Å². The van der Waals surface area contributed by atoms with Crippen LogP contribution >= 0.6 is 51.2 Å². The summed E-state index contributed by atoms with van der Waals surface area (Å²) in [5, 5.41) is 3.32. The fourth-order valence-corrected chi connectivity index (χ4v) is 3.63. The predicted molar refractivity (Wildman–Crippen MR) is 120 cm³/mol. The SMILES string of the molecule is CN(C)C(=O)CN=C(NCCc1ccco1)N(C)Cc1ccc(Br)s1.I. The Bertz CT molecular complexity index is 703. The fraction of sp³-hybridized carbons (Fsp3) is 0.412. The highest BCUT2D eigenvalue weighted by Crippen LogP contribution is 2.22. The first-order valence-electron chi connectivity index (χ1n) is 7.92. The highest BCUT2D eigenvalue weighted by molar-refractivity contribution is 14.0. The van der Waals surface area contributed by atoms with Gasteiger partial charge < -0.3 is 19.5 Å². The summed E-state index contributed by atoms with van der Waals surface area (Å²) in [6, 6.07) is 7.93. The second kappa shape index (κ2) is 11.6. The molecule has 1 N–H and O–H groups in total. The largest absolute Gasteiger partial charge is 0.469 e. The van der Waals surface area contributed by atoms with E-state index >= 15 is 0 Å².